The van der Waals surface area contributed by atoms with Gasteiger partial charge in [-0.3, -0.25) is 0 Å². The van der Waals surface area contributed by atoms with E-state index in [4.69, 9.17) is 14.6 Å². The Morgan fingerprint density at radius 3 is 2.47 bits per heavy atom. The molecule has 0 spiro atoms. The van der Waals surface area contributed by atoms with Crippen LogP contribution in [0.3, 0.4) is 0 Å². The minimum atomic E-state index is 0.309. The van der Waals surface area contributed by atoms with Gasteiger partial charge in [0.15, 0.2) is 0 Å². The number of aliphatic hydroxyl groups excluding tert-OH is 1. The maximum absolute atomic E-state index is 8.61. The average molecular weight is 214 g/mol. The summed E-state index contributed by atoms with van der Waals surface area (Å²) in [6.07, 6.45) is 7.85. The molecular weight excluding hydrogens is 192 g/mol. The number of fused-ring (bicyclic) bond motifs is 2. The molecule has 3 fully saturated rings. The molecule has 2 saturated heterocycles. The number of ether oxygens (including phenoxy) is 2. The highest BCUT2D eigenvalue weighted by Gasteiger charge is 2.39. The zero-order chi connectivity index (χ0) is 10.5. The van der Waals surface area contributed by atoms with E-state index in [1.54, 1.807) is 0 Å². The standard InChI is InChI=1S/C12H22O3/c13-4-2-1-3-5-14-9-10-6-11-8-12(7-10)15-11/h10-13H,1-9H2. The zero-order valence-electron chi connectivity index (χ0n) is 9.36. The molecule has 2 aliphatic heterocycles. The summed E-state index contributed by atoms with van der Waals surface area (Å²) in [5.41, 5.74) is 0. The second-order valence-electron chi connectivity index (χ2n) is 4.81. The molecule has 2 atom stereocenters. The summed E-state index contributed by atoms with van der Waals surface area (Å²) in [6, 6.07) is 0. The third kappa shape index (κ3) is 3.44. The predicted octanol–water partition coefficient (Wildman–Crippen LogP) is 1.73. The molecular formula is C12H22O3. The molecule has 3 nitrogen and oxygen atoms in total. The quantitative estimate of drug-likeness (QED) is 0.656. The molecule has 88 valence electrons. The van der Waals surface area contributed by atoms with Gasteiger partial charge in [0.1, 0.15) is 0 Å². The SMILES string of the molecule is OCCCCCOCC1CC2CC(C1)O2. The Morgan fingerprint density at radius 2 is 1.80 bits per heavy atom. The van der Waals surface area contributed by atoms with E-state index < -0.39 is 0 Å². The van der Waals surface area contributed by atoms with Crippen molar-refractivity contribution >= 4 is 0 Å². The Morgan fingerprint density at radius 1 is 1.07 bits per heavy atom. The number of aliphatic hydroxyl groups is 1. The van der Waals surface area contributed by atoms with Gasteiger partial charge < -0.3 is 14.6 Å². The molecule has 0 aromatic carbocycles. The first-order valence-electron chi connectivity index (χ1n) is 6.22. The van der Waals surface area contributed by atoms with Gasteiger partial charge in [0.2, 0.25) is 0 Å². The maximum atomic E-state index is 8.61. The van der Waals surface area contributed by atoms with Gasteiger partial charge in [0, 0.05) is 19.8 Å². The average Bonchev–Trinajstić information content (AvgIpc) is 2.22. The van der Waals surface area contributed by atoms with Gasteiger partial charge in [0.05, 0.1) is 12.2 Å². The number of rotatable bonds is 7. The van der Waals surface area contributed by atoms with E-state index in [0.717, 1.165) is 38.4 Å². The normalized spacial score (nSPS) is 33.8. The zero-order valence-corrected chi connectivity index (χ0v) is 9.36. The van der Waals surface area contributed by atoms with Crippen LogP contribution >= 0.6 is 0 Å². The summed E-state index contributed by atoms with van der Waals surface area (Å²) in [6.45, 7) is 2.07. The van der Waals surface area contributed by atoms with Crippen molar-refractivity contribution in [3.63, 3.8) is 0 Å². The fourth-order valence-corrected chi connectivity index (χ4v) is 2.58. The largest absolute Gasteiger partial charge is 0.396 e. The van der Waals surface area contributed by atoms with Crippen LogP contribution in [0.2, 0.25) is 0 Å². The summed E-state index contributed by atoms with van der Waals surface area (Å²) >= 11 is 0. The molecule has 2 heterocycles. The van der Waals surface area contributed by atoms with Crippen LogP contribution in [-0.2, 0) is 9.47 Å². The van der Waals surface area contributed by atoms with E-state index in [-0.39, 0.29) is 0 Å². The smallest absolute Gasteiger partial charge is 0.0607 e. The Hall–Kier alpha value is -0.120. The van der Waals surface area contributed by atoms with Gasteiger partial charge in [-0.25, -0.2) is 0 Å². The van der Waals surface area contributed by atoms with Crippen molar-refractivity contribution < 1.29 is 14.6 Å². The minimum absolute atomic E-state index is 0.309. The number of unbranched alkanes of at least 4 members (excludes halogenated alkanes) is 2. The first-order valence-corrected chi connectivity index (χ1v) is 6.22. The topological polar surface area (TPSA) is 38.7 Å². The summed E-state index contributed by atoms with van der Waals surface area (Å²) in [5, 5.41) is 8.61. The van der Waals surface area contributed by atoms with E-state index in [1.165, 1.54) is 19.3 Å². The Balaban J connectivity index is 1.44. The van der Waals surface area contributed by atoms with Crippen molar-refractivity contribution in [3.8, 4) is 0 Å². The van der Waals surface area contributed by atoms with Crippen molar-refractivity contribution in [1.29, 1.82) is 0 Å². The second-order valence-corrected chi connectivity index (χ2v) is 4.81. The van der Waals surface area contributed by atoms with Gasteiger partial charge in [-0.2, -0.15) is 0 Å². The number of hydrogen-bond acceptors (Lipinski definition) is 3. The highest BCUT2D eigenvalue weighted by Crippen LogP contribution is 2.38. The van der Waals surface area contributed by atoms with E-state index in [9.17, 15) is 0 Å². The molecule has 15 heavy (non-hydrogen) atoms. The maximum Gasteiger partial charge on any atom is 0.0607 e. The Labute approximate surface area is 91.8 Å². The summed E-state index contributed by atoms with van der Waals surface area (Å²) in [5.74, 6) is 0.736. The molecule has 1 N–H and O–H groups in total. The molecule has 2 unspecified atom stereocenters. The highest BCUT2D eigenvalue weighted by atomic mass is 16.5. The molecule has 3 aliphatic rings. The van der Waals surface area contributed by atoms with Crippen LogP contribution in [0.5, 0.6) is 0 Å². The third-order valence-corrected chi connectivity index (χ3v) is 3.40. The van der Waals surface area contributed by atoms with Crippen LogP contribution in [0.15, 0.2) is 0 Å². The van der Waals surface area contributed by atoms with Crippen LogP contribution < -0.4 is 0 Å². The molecule has 3 rings (SSSR count). The van der Waals surface area contributed by atoms with Crippen molar-refractivity contribution in [2.75, 3.05) is 19.8 Å². The molecule has 1 aliphatic carbocycles. The molecule has 2 bridgehead atoms. The molecule has 0 amide bonds. The highest BCUT2D eigenvalue weighted by molar-refractivity contribution is 4.88. The number of hydrogen-bond donors (Lipinski definition) is 1. The van der Waals surface area contributed by atoms with Crippen LogP contribution in [-0.4, -0.2) is 37.1 Å². The van der Waals surface area contributed by atoms with Gasteiger partial charge >= 0.3 is 0 Å². The fourth-order valence-electron chi connectivity index (χ4n) is 2.58. The van der Waals surface area contributed by atoms with Gasteiger partial charge in [-0.05, 0) is 44.4 Å². The molecule has 0 aromatic rings. The van der Waals surface area contributed by atoms with Gasteiger partial charge in [-0.15, -0.1) is 0 Å². The van der Waals surface area contributed by atoms with Crippen molar-refractivity contribution in [3.05, 3.63) is 0 Å². The fraction of sp³-hybridized carbons (Fsp3) is 1.00. The summed E-state index contributed by atoms with van der Waals surface area (Å²) < 4.78 is 11.2. The lowest BCUT2D eigenvalue weighted by Gasteiger charge is -2.45. The van der Waals surface area contributed by atoms with Crippen molar-refractivity contribution in [1.82, 2.24) is 0 Å². The molecule has 0 radical (unpaired) electrons. The minimum Gasteiger partial charge on any atom is -0.396 e. The van der Waals surface area contributed by atoms with Crippen molar-refractivity contribution in [2.24, 2.45) is 5.92 Å². The molecule has 3 heteroatoms. The first kappa shape index (κ1) is 11.4. The summed E-state index contributed by atoms with van der Waals surface area (Å²) in [7, 11) is 0. The van der Waals surface area contributed by atoms with E-state index in [0.29, 0.717) is 18.8 Å². The van der Waals surface area contributed by atoms with Crippen LogP contribution in [0.25, 0.3) is 0 Å². The van der Waals surface area contributed by atoms with E-state index in [2.05, 4.69) is 0 Å². The lowest BCUT2D eigenvalue weighted by atomic mass is 9.81. The first-order chi connectivity index (χ1) is 7.38. The monoisotopic (exact) mass is 214 g/mol. The van der Waals surface area contributed by atoms with Crippen LogP contribution in [0.4, 0.5) is 0 Å². The third-order valence-electron chi connectivity index (χ3n) is 3.40. The van der Waals surface area contributed by atoms with E-state index in [1.807, 2.05) is 0 Å². The Kier molecular flexibility index (Phi) is 4.42. The van der Waals surface area contributed by atoms with E-state index >= 15 is 0 Å². The van der Waals surface area contributed by atoms with Crippen LogP contribution in [0.1, 0.15) is 38.5 Å². The second kappa shape index (κ2) is 5.83. The lowest BCUT2D eigenvalue weighted by Crippen LogP contribution is -2.46. The molecule has 1 saturated carbocycles. The Bertz CT molecular complexity index is 168. The lowest BCUT2D eigenvalue weighted by molar-refractivity contribution is -0.179. The van der Waals surface area contributed by atoms with Crippen molar-refractivity contribution in [2.45, 2.75) is 50.7 Å². The van der Waals surface area contributed by atoms with Crippen LogP contribution in [0, 0.1) is 5.92 Å². The van der Waals surface area contributed by atoms with Gasteiger partial charge in [0.25, 0.3) is 0 Å². The van der Waals surface area contributed by atoms with Gasteiger partial charge in [-0.1, -0.05) is 0 Å². The summed E-state index contributed by atoms with van der Waals surface area (Å²) in [4.78, 5) is 0. The molecule has 0 aromatic heterocycles. The predicted molar refractivity (Wildman–Crippen MR) is 57.8 cm³/mol.